The molecule has 4 aromatic carbocycles. The fraction of sp³-hybridized carbons (Fsp3) is 0.278. The molecule has 1 aliphatic rings. The maximum atomic E-state index is 15.1. The Morgan fingerprint density at radius 3 is 2.17 bits per heavy atom. The summed E-state index contributed by atoms with van der Waals surface area (Å²) in [6.07, 6.45) is 3.83. The van der Waals surface area contributed by atoms with Gasteiger partial charge in [-0.15, -0.1) is 0 Å². The molecular weight excluding hydrogens is 625 g/mol. The van der Waals surface area contributed by atoms with Crippen molar-refractivity contribution in [3.63, 3.8) is 0 Å². The van der Waals surface area contributed by atoms with E-state index < -0.39 is 34.3 Å². The lowest BCUT2D eigenvalue weighted by molar-refractivity contribution is -0.140. The van der Waals surface area contributed by atoms with Crippen molar-refractivity contribution in [2.75, 3.05) is 10.8 Å². The van der Waals surface area contributed by atoms with Crippen LogP contribution >= 0.6 is 11.6 Å². The number of carbonyl (C=O) groups is 2. The Balaban J connectivity index is 1.57. The van der Waals surface area contributed by atoms with E-state index in [4.69, 9.17) is 11.6 Å². The molecule has 240 valence electrons. The van der Waals surface area contributed by atoms with Gasteiger partial charge >= 0.3 is 0 Å². The molecule has 0 heterocycles. The van der Waals surface area contributed by atoms with Crippen molar-refractivity contribution in [1.82, 2.24) is 10.2 Å². The quantitative estimate of drug-likeness (QED) is 0.184. The zero-order chi connectivity index (χ0) is 32.7. The monoisotopic (exact) mass is 661 g/mol. The number of sulfonamides is 1. The zero-order valence-electron chi connectivity index (χ0n) is 25.6. The summed E-state index contributed by atoms with van der Waals surface area (Å²) in [5, 5.41) is 3.51. The van der Waals surface area contributed by atoms with Crippen LogP contribution in [0.3, 0.4) is 0 Å². The summed E-state index contributed by atoms with van der Waals surface area (Å²) < 4.78 is 44.3. The molecule has 0 spiro atoms. The Hall–Kier alpha value is -4.21. The van der Waals surface area contributed by atoms with E-state index in [1.165, 1.54) is 35.2 Å². The highest BCUT2D eigenvalue weighted by Crippen LogP contribution is 2.27. The van der Waals surface area contributed by atoms with E-state index in [9.17, 15) is 18.0 Å². The first kappa shape index (κ1) is 33.2. The fourth-order valence-electron chi connectivity index (χ4n) is 5.71. The van der Waals surface area contributed by atoms with Crippen LogP contribution in [0.25, 0.3) is 0 Å². The Morgan fingerprint density at radius 2 is 1.52 bits per heavy atom. The third-order valence-corrected chi connectivity index (χ3v) is 10.3. The van der Waals surface area contributed by atoms with Crippen molar-refractivity contribution < 1.29 is 22.4 Å². The second-order valence-electron chi connectivity index (χ2n) is 11.6. The molecule has 1 aliphatic carbocycles. The number of hydrogen-bond donors (Lipinski definition) is 1. The SMILES string of the molecule is Cc1ccc(S(=O)(=O)N(CC(=O)N(Cc2ccccc2F)C(Cc2ccccc2)C(=O)NC2CCCC2)c2ccc(Cl)cc2)cc1. The molecule has 2 amide bonds. The Labute approximate surface area is 275 Å². The van der Waals surface area contributed by atoms with E-state index in [1.807, 2.05) is 37.3 Å². The Bertz CT molecular complexity index is 1750. The molecule has 1 saturated carbocycles. The topological polar surface area (TPSA) is 86.8 Å². The summed E-state index contributed by atoms with van der Waals surface area (Å²) in [4.78, 5) is 29.8. The molecule has 0 aromatic heterocycles. The van der Waals surface area contributed by atoms with E-state index in [2.05, 4.69) is 5.32 Å². The van der Waals surface area contributed by atoms with Crippen LogP contribution in [0.15, 0.2) is 108 Å². The van der Waals surface area contributed by atoms with E-state index in [1.54, 1.807) is 42.5 Å². The van der Waals surface area contributed by atoms with E-state index >= 15 is 4.39 Å². The lowest BCUT2D eigenvalue weighted by Crippen LogP contribution is -2.54. The van der Waals surface area contributed by atoms with Gasteiger partial charge in [-0.05, 0) is 67.8 Å². The van der Waals surface area contributed by atoms with Crippen molar-refractivity contribution in [2.24, 2.45) is 0 Å². The third-order valence-electron chi connectivity index (χ3n) is 8.27. The van der Waals surface area contributed by atoms with E-state index in [0.717, 1.165) is 41.1 Å². The summed E-state index contributed by atoms with van der Waals surface area (Å²) in [5.41, 5.74) is 2.12. The van der Waals surface area contributed by atoms with Crippen molar-refractivity contribution in [3.05, 3.63) is 131 Å². The summed E-state index contributed by atoms with van der Waals surface area (Å²) in [6, 6.07) is 26.8. The van der Waals surface area contributed by atoms with Gasteiger partial charge in [0.1, 0.15) is 18.4 Å². The summed E-state index contributed by atoms with van der Waals surface area (Å²) in [6.45, 7) is 0.982. The minimum Gasteiger partial charge on any atom is -0.352 e. The smallest absolute Gasteiger partial charge is 0.264 e. The third kappa shape index (κ3) is 8.13. The summed E-state index contributed by atoms with van der Waals surface area (Å²) >= 11 is 6.13. The highest BCUT2D eigenvalue weighted by molar-refractivity contribution is 7.92. The zero-order valence-corrected chi connectivity index (χ0v) is 27.2. The van der Waals surface area contributed by atoms with E-state index in [0.29, 0.717) is 5.02 Å². The molecule has 0 radical (unpaired) electrons. The average Bonchev–Trinajstić information content (AvgIpc) is 3.56. The predicted octanol–water partition coefficient (Wildman–Crippen LogP) is 6.68. The molecule has 1 unspecified atom stereocenters. The molecule has 7 nitrogen and oxygen atoms in total. The summed E-state index contributed by atoms with van der Waals surface area (Å²) in [5.74, 6) is -1.55. The van der Waals surface area contributed by atoms with Crippen LogP contribution in [-0.4, -0.2) is 43.8 Å². The van der Waals surface area contributed by atoms with Gasteiger partial charge in [-0.1, -0.05) is 90.7 Å². The number of nitrogens with one attached hydrogen (secondary N) is 1. The molecule has 1 fully saturated rings. The first-order valence-electron chi connectivity index (χ1n) is 15.3. The largest absolute Gasteiger partial charge is 0.352 e. The number of halogens is 2. The molecule has 5 rings (SSSR count). The van der Waals surface area contributed by atoms with Crippen LogP contribution < -0.4 is 9.62 Å². The van der Waals surface area contributed by atoms with Crippen molar-refractivity contribution in [1.29, 1.82) is 0 Å². The average molecular weight is 662 g/mol. The fourth-order valence-corrected chi connectivity index (χ4v) is 7.25. The minimum atomic E-state index is -4.25. The van der Waals surface area contributed by atoms with Crippen molar-refractivity contribution >= 4 is 39.1 Å². The molecule has 10 heteroatoms. The Morgan fingerprint density at radius 1 is 0.891 bits per heavy atom. The standard InChI is InChI=1S/C36H37ClFN3O4S/c1-26-15-21-32(22-16-26)46(44,45)41(31-19-17-29(37)18-20-31)25-35(42)40(24-28-11-5-8-14-33(28)38)34(23-27-9-3-2-4-10-27)36(43)39-30-12-6-7-13-30/h2-5,8-11,14-22,30,34H,6-7,12-13,23-25H2,1H3,(H,39,43). The number of carbonyl (C=O) groups excluding carboxylic acids is 2. The number of aryl methyl sites for hydroxylation is 1. The first-order valence-corrected chi connectivity index (χ1v) is 17.2. The second kappa shape index (κ2) is 14.9. The van der Waals surface area contributed by atoms with Gasteiger partial charge in [0.15, 0.2) is 0 Å². The van der Waals surface area contributed by atoms with Crippen LogP contribution in [0.5, 0.6) is 0 Å². The van der Waals surface area contributed by atoms with Gasteiger partial charge in [0.05, 0.1) is 10.6 Å². The van der Waals surface area contributed by atoms with Crippen LogP contribution in [0.2, 0.25) is 5.02 Å². The molecule has 1 atom stereocenters. The van der Waals surface area contributed by atoms with Crippen LogP contribution in [0.1, 0.15) is 42.4 Å². The van der Waals surface area contributed by atoms with Gasteiger partial charge in [0.2, 0.25) is 11.8 Å². The molecule has 1 N–H and O–H groups in total. The normalized spacial score (nSPS) is 14.1. The van der Waals surface area contributed by atoms with Gasteiger partial charge in [-0.25, -0.2) is 12.8 Å². The molecular formula is C36H37ClFN3O4S. The van der Waals surface area contributed by atoms with Gasteiger partial charge in [-0.2, -0.15) is 0 Å². The van der Waals surface area contributed by atoms with Crippen LogP contribution in [-0.2, 0) is 32.6 Å². The van der Waals surface area contributed by atoms with Crippen LogP contribution in [0, 0.1) is 12.7 Å². The van der Waals surface area contributed by atoms with E-state index in [-0.39, 0.29) is 41.1 Å². The number of benzene rings is 4. The van der Waals surface area contributed by atoms with Gasteiger partial charge in [0, 0.05) is 29.6 Å². The maximum Gasteiger partial charge on any atom is 0.264 e. The highest BCUT2D eigenvalue weighted by Gasteiger charge is 2.36. The first-order chi connectivity index (χ1) is 22.1. The Kier molecular flexibility index (Phi) is 10.8. The van der Waals surface area contributed by atoms with Gasteiger partial charge < -0.3 is 10.2 Å². The van der Waals surface area contributed by atoms with Crippen LogP contribution in [0.4, 0.5) is 10.1 Å². The lowest BCUT2D eigenvalue weighted by atomic mass is 10.0. The molecule has 46 heavy (non-hydrogen) atoms. The molecule has 0 aliphatic heterocycles. The summed E-state index contributed by atoms with van der Waals surface area (Å²) in [7, 11) is -4.25. The highest BCUT2D eigenvalue weighted by atomic mass is 35.5. The maximum absolute atomic E-state index is 15.1. The number of rotatable bonds is 12. The van der Waals surface area contributed by atoms with Crippen molar-refractivity contribution in [2.45, 2.75) is 62.6 Å². The molecule has 4 aromatic rings. The number of anilines is 1. The molecule has 0 bridgehead atoms. The second-order valence-corrected chi connectivity index (χ2v) is 13.9. The molecule has 0 saturated heterocycles. The minimum absolute atomic E-state index is 0.00122. The van der Waals surface area contributed by atoms with Crippen molar-refractivity contribution in [3.8, 4) is 0 Å². The lowest BCUT2D eigenvalue weighted by Gasteiger charge is -2.34. The number of hydrogen-bond acceptors (Lipinski definition) is 4. The van der Waals surface area contributed by atoms with Gasteiger partial charge in [0.25, 0.3) is 10.0 Å². The number of nitrogens with zero attached hydrogens (tertiary/aromatic N) is 2. The number of amides is 2. The van der Waals surface area contributed by atoms with Gasteiger partial charge in [-0.3, -0.25) is 13.9 Å². The predicted molar refractivity (Wildman–Crippen MR) is 178 cm³/mol.